The molecule has 1 heterocycles. The van der Waals surface area contributed by atoms with Crippen molar-refractivity contribution < 1.29 is 22.7 Å². The topological polar surface area (TPSA) is 114 Å². The Bertz CT molecular complexity index is 1350. The summed E-state index contributed by atoms with van der Waals surface area (Å²) < 4.78 is 31.9. The maximum atomic E-state index is 12.9. The number of hydrogen-bond acceptors (Lipinski definition) is 6. The van der Waals surface area contributed by atoms with E-state index in [9.17, 15) is 18.0 Å². The number of para-hydroxylation sites is 1. The molecule has 0 saturated carbocycles. The van der Waals surface area contributed by atoms with E-state index in [-0.39, 0.29) is 17.4 Å². The highest BCUT2D eigenvalue weighted by Gasteiger charge is 2.28. The van der Waals surface area contributed by atoms with Crippen molar-refractivity contribution in [2.45, 2.75) is 11.8 Å². The number of nitrogens with one attached hydrogen (secondary N) is 3. The van der Waals surface area contributed by atoms with E-state index in [1.165, 1.54) is 12.1 Å². The number of ether oxygens (including phenoxy) is 1. The Morgan fingerprint density at radius 1 is 0.941 bits per heavy atom. The van der Waals surface area contributed by atoms with Crippen LogP contribution in [-0.2, 0) is 24.3 Å². The molecule has 0 aromatic heterocycles. The molecule has 1 aliphatic heterocycles. The van der Waals surface area contributed by atoms with Crippen LogP contribution in [-0.4, -0.2) is 33.4 Å². The average molecular weight is 478 g/mol. The molecule has 174 valence electrons. The number of esters is 1. The minimum atomic E-state index is -3.89. The van der Waals surface area contributed by atoms with Crippen LogP contribution in [0.4, 0.5) is 11.4 Å². The largest absolute Gasteiger partial charge is 0.465 e. The van der Waals surface area contributed by atoms with E-state index in [1.807, 2.05) is 54.6 Å². The van der Waals surface area contributed by atoms with E-state index in [0.717, 1.165) is 16.8 Å². The van der Waals surface area contributed by atoms with E-state index in [1.54, 1.807) is 19.1 Å². The number of fused-ring (bicyclic) bond motifs is 1. The molecule has 8 nitrogen and oxygen atoms in total. The van der Waals surface area contributed by atoms with Gasteiger partial charge < -0.3 is 15.4 Å². The smallest absolute Gasteiger partial charge is 0.321 e. The number of amides is 1. The van der Waals surface area contributed by atoms with Gasteiger partial charge in [-0.1, -0.05) is 48.5 Å². The Labute approximate surface area is 197 Å². The quantitative estimate of drug-likeness (QED) is 0.338. The van der Waals surface area contributed by atoms with Crippen LogP contribution in [0.15, 0.2) is 83.8 Å². The molecule has 3 aromatic rings. The molecule has 0 unspecified atom stereocenters. The standard InChI is InChI=1S/C25H23N3O5S/c1-2-33-22(29)16-26-34(31,32)19-14-12-18(13-15-19)27-24(17-8-4-3-5-9-17)23-20-10-6-7-11-21(20)28-25(23)30/h3-15,26-27H,2,16H2,1H3,(H,28,30)/b24-23-. The lowest BCUT2D eigenvalue weighted by Crippen LogP contribution is -2.30. The number of carbonyl (C=O) groups excluding carboxylic acids is 2. The molecule has 0 radical (unpaired) electrons. The second-order valence-corrected chi connectivity index (χ2v) is 9.16. The van der Waals surface area contributed by atoms with Gasteiger partial charge in [-0.2, -0.15) is 4.72 Å². The van der Waals surface area contributed by atoms with Gasteiger partial charge in [0.1, 0.15) is 6.54 Å². The molecular formula is C25H23N3O5S. The third-order valence-electron chi connectivity index (χ3n) is 5.13. The fraction of sp³-hybridized carbons (Fsp3) is 0.120. The van der Waals surface area contributed by atoms with Gasteiger partial charge >= 0.3 is 5.97 Å². The van der Waals surface area contributed by atoms with Gasteiger partial charge in [-0.05, 0) is 42.8 Å². The molecule has 4 rings (SSSR count). The van der Waals surface area contributed by atoms with Crippen LogP contribution in [0.1, 0.15) is 18.1 Å². The third kappa shape index (κ3) is 5.00. The number of anilines is 2. The molecular weight excluding hydrogens is 454 g/mol. The molecule has 0 spiro atoms. The summed E-state index contributed by atoms with van der Waals surface area (Å²) in [5.74, 6) is -0.881. The minimum absolute atomic E-state index is 0.000202. The van der Waals surface area contributed by atoms with Crippen molar-refractivity contribution >= 4 is 44.5 Å². The summed E-state index contributed by atoms with van der Waals surface area (Å²) in [6.07, 6.45) is 0. The first-order valence-corrected chi connectivity index (χ1v) is 12.1. The monoisotopic (exact) mass is 477 g/mol. The summed E-state index contributed by atoms with van der Waals surface area (Å²) in [6.45, 7) is 1.36. The molecule has 0 fully saturated rings. The zero-order valence-corrected chi connectivity index (χ0v) is 19.2. The van der Waals surface area contributed by atoms with Gasteiger partial charge in [0.05, 0.1) is 22.8 Å². The molecule has 0 aliphatic carbocycles. The molecule has 0 bridgehead atoms. The molecule has 34 heavy (non-hydrogen) atoms. The maximum absolute atomic E-state index is 12.9. The van der Waals surface area contributed by atoms with Crippen molar-refractivity contribution in [2.24, 2.45) is 0 Å². The van der Waals surface area contributed by atoms with Crippen molar-refractivity contribution in [1.29, 1.82) is 0 Å². The fourth-order valence-electron chi connectivity index (χ4n) is 3.56. The van der Waals surface area contributed by atoms with Crippen LogP contribution in [0.3, 0.4) is 0 Å². The first-order chi connectivity index (χ1) is 16.4. The molecule has 1 amide bonds. The van der Waals surface area contributed by atoms with Crippen LogP contribution in [0.25, 0.3) is 11.3 Å². The van der Waals surface area contributed by atoms with Crippen molar-refractivity contribution in [3.8, 4) is 0 Å². The second-order valence-electron chi connectivity index (χ2n) is 7.39. The van der Waals surface area contributed by atoms with Crippen molar-refractivity contribution in [3.63, 3.8) is 0 Å². The molecule has 9 heteroatoms. The Kier molecular flexibility index (Phi) is 6.76. The zero-order valence-electron chi connectivity index (χ0n) is 18.4. The van der Waals surface area contributed by atoms with E-state index >= 15 is 0 Å². The molecule has 3 N–H and O–H groups in total. The van der Waals surface area contributed by atoms with Gasteiger partial charge in [0, 0.05) is 16.9 Å². The highest BCUT2D eigenvalue weighted by Crippen LogP contribution is 2.37. The van der Waals surface area contributed by atoms with Gasteiger partial charge in [0.15, 0.2) is 0 Å². The first kappa shape index (κ1) is 23.2. The van der Waals surface area contributed by atoms with Crippen LogP contribution in [0.2, 0.25) is 0 Å². The molecule has 0 saturated heterocycles. The molecule has 1 aliphatic rings. The van der Waals surface area contributed by atoms with Crippen molar-refractivity contribution in [2.75, 3.05) is 23.8 Å². The lowest BCUT2D eigenvalue weighted by molar-refractivity contribution is -0.141. The summed E-state index contributed by atoms with van der Waals surface area (Å²) in [6, 6.07) is 22.9. The predicted molar refractivity (Wildman–Crippen MR) is 130 cm³/mol. The summed E-state index contributed by atoms with van der Waals surface area (Å²) in [7, 11) is -3.89. The Morgan fingerprint density at radius 2 is 1.62 bits per heavy atom. The van der Waals surface area contributed by atoms with E-state index in [4.69, 9.17) is 4.74 Å². The van der Waals surface area contributed by atoms with Gasteiger partial charge in [-0.15, -0.1) is 0 Å². The average Bonchev–Trinajstić information content (AvgIpc) is 3.18. The molecule has 0 atom stereocenters. The SMILES string of the molecule is CCOC(=O)CNS(=O)(=O)c1ccc(N/C(=C2\C(=O)Nc3ccccc32)c2ccccc2)cc1. The number of hydrogen-bond donors (Lipinski definition) is 3. The zero-order chi connectivity index (χ0) is 24.1. The van der Waals surface area contributed by atoms with E-state index < -0.39 is 22.5 Å². The normalized spacial score (nSPS) is 14.2. The Balaban J connectivity index is 1.64. The number of carbonyl (C=O) groups is 2. The van der Waals surface area contributed by atoms with Gasteiger partial charge in [-0.3, -0.25) is 9.59 Å². The summed E-state index contributed by atoms with van der Waals surface area (Å²) in [4.78, 5) is 24.3. The van der Waals surface area contributed by atoms with Crippen LogP contribution >= 0.6 is 0 Å². The van der Waals surface area contributed by atoms with E-state index in [0.29, 0.717) is 17.0 Å². The summed E-state index contributed by atoms with van der Waals surface area (Å²) in [5.41, 5.74) is 3.99. The predicted octanol–water partition coefficient (Wildman–Crippen LogP) is 3.46. The van der Waals surface area contributed by atoms with E-state index in [2.05, 4.69) is 15.4 Å². The van der Waals surface area contributed by atoms with Crippen LogP contribution < -0.4 is 15.4 Å². The van der Waals surface area contributed by atoms with Crippen LogP contribution in [0, 0.1) is 0 Å². The first-order valence-electron chi connectivity index (χ1n) is 10.6. The highest BCUT2D eigenvalue weighted by molar-refractivity contribution is 7.89. The van der Waals surface area contributed by atoms with Gasteiger partial charge in [0.25, 0.3) is 5.91 Å². The Hall–Kier alpha value is -3.95. The van der Waals surface area contributed by atoms with Gasteiger partial charge in [-0.25, -0.2) is 8.42 Å². The third-order valence-corrected chi connectivity index (χ3v) is 6.55. The van der Waals surface area contributed by atoms with Crippen molar-refractivity contribution in [1.82, 2.24) is 4.72 Å². The van der Waals surface area contributed by atoms with Crippen LogP contribution in [0.5, 0.6) is 0 Å². The number of rotatable bonds is 8. The highest BCUT2D eigenvalue weighted by atomic mass is 32.2. The minimum Gasteiger partial charge on any atom is -0.465 e. The lowest BCUT2D eigenvalue weighted by Gasteiger charge is -2.15. The lowest BCUT2D eigenvalue weighted by atomic mass is 10.00. The number of benzene rings is 3. The fourth-order valence-corrected chi connectivity index (χ4v) is 4.53. The summed E-state index contributed by atoms with van der Waals surface area (Å²) in [5, 5.41) is 6.17. The maximum Gasteiger partial charge on any atom is 0.321 e. The van der Waals surface area contributed by atoms with Crippen molar-refractivity contribution in [3.05, 3.63) is 90.0 Å². The second kappa shape index (κ2) is 9.90. The number of sulfonamides is 1. The van der Waals surface area contributed by atoms with Gasteiger partial charge in [0.2, 0.25) is 10.0 Å². The summed E-state index contributed by atoms with van der Waals surface area (Å²) >= 11 is 0. The molecule has 3 aromatic carbocycles. The Morgan fingerprint density at radius 3 is 2.32 bits per heavy atom.